The van der Waals surface area contributed by atoms with Gasteiger partial charge in [-0.2, -0.15) is 13.2 Å². The SMILES string of the molecule is COCCNCC1CCCN(COCC(F)(F)F)C1. The Labute approximate surface area is 112 Å². The lowest BCUT2D eigenvalue weighted by atomic mass is 9.98. The number of hydrogen-bond acceptors (Lipinski definition) is 4. The number of piperidine rings is 1. The summed E-state index contributed by atoms with van der Waals surface area (Å²) in [6, 6.07) is 0. The first-order valence-corrected chi connectivity index (χ1v) is 6.58. The van der Waals surface area contributed by atoms with Crippen molar-refractivity contribution in [3.63, 3.8) is 0 Å². The number of alkyl halides is 3. The molecule has 1 aliphatic heterocycles. The van der Waals surface area contributed by atoms with Crippen LogP contribution in [0.15, 0.2) is 0 Å². The van der Waals surface area contributed by atoms with Crippen LogP contribution in [0, 0.1) is 5.92 Å². The molecular formula is C12H23F3N2O2. The zero-order valence-corrected chi connectivity index (χ0v) is 11.3. The average molecular weight is 284 g/mol. The van der Waals surface area contributed by atoms with Crippen molar-refractivity contribution in [3.05, 3.63) is 0 Å². The Morgan fingerprint density at radius 1 is 1.37 bits per heavy atom. The van der Waals surface area contributed by atoms with Crippen LogP contribution in [0.25, 0.3) is 0 Å². The third kappa shape index (κ3) is 8.41. The highest BCUT2D eigenvalue weighted by atomic mass is 19.4. The summed E-state index contributed by atoms with van der Waals surface area (Å²) >= 11 is 0. The van der Waals surface area contributed by atoms with Crippen LogP contribution in [0.4, 0.5) is 13.2 Å². The van der Waals surface area contributed by atoms with Crippen LogP contribution in [-0.2, 0) is 9.47 Å². The topological polar surface area (TPSA) is 33.7 Å². The molecule has 4 nitrogen and oxygen atoms in total. The van der Waals surface area contributed by atoms with Gasteiger partial charge >= 0.3 is 6.18 Å². The van der Waals surface area contributed by atoms with Gasteiger partial charge in [0, 0.05) is 26.7 Å². The van der Waals surface area contributed by atoms with E-state index in [1.807, 2.05) is 4.90 Å². The van der Waals surface area contributed by atoms with Crippen LogP contribution < -0.4 is 5.32 Å². The van der Waals surface area contributed by atoms with E-state index in [1.54, 1.807) is 7.11 Å². The van der Waals surface area contributed by atoms with Crippen molar-refractivity contribution in [2.24, 2.45) is 5.92 Å². The van der Waals surface area contributed by atoms with Crippen molar-refractivity contribution < 1.29 is 22.6 Å². The molecule has 0 aliphatic carbocycles. The van der Waals surface area contributed by atoms with Gasteiger partial charge in [0.1, 0.15) is 6.61 Å². The van der Waals surface area contributed by atoms with Crippen LogP contribution in [0.3, 0.4) is 0 Å². The summed E-state index contributed by atoms with van der Waals surface area (Å²) in [5.74, 6) is 0.472. The number of halogens is 3. The summed E-state index contributed by atoms with van der Waals surface area (Å²) in [4.78, 5) is 1.94. The highest BCUT2D eigenvalue weighted by molar-refractivity contribution is 4.73. The van der Waals surface area contributed by atoms with Crippen molar-refractivity contribution in [1.82, 2.24) is 10.2 Å². The average Bonchev–Trinajstić information content (AvgIpc) is 2.34. The Kier molecular flexibility index (Phi) is 7.67. The molecule has 1 fully saturated rings. The Morgan fingerprint density at radius 3 is 2.84 bits per heavy atom. The second-order valence-corrected chi connectivity index (χ2v) is 4.87. The molecule has 19 heavy (non-hydrogen) atoms. The fraction of sp³-hybridized carbons (Fsp3) is 1.00. The van der Waals surface area contributed by atoms with Gasteiger partial charge in [-0.15, -0.1) is 0 Å². The predicted molar refractivity (Wildman–Crippen MR) is 65.9 cm³/mol. The number of rotatable bonds is 8. The van der Waals surface area contributed by atoms with E-state index in [1.165, 1.54) is 0 Å². The highest BCUT2D eigenvalue weighted by Gasteiger charge is 2.28. The van der Waals surface area contributed by atoms with Gasteiger partial charge in [0.05, 0.1) is 13.3 Å². The molecule has 0 saturated carbocycles. The first-order chi connectivity index (χ1) is 9.01. The second-order valence-electron chi connectivity index (χ2n) is 4.87. The van der Waals surface area contributed by atoms with Crippen molar-refractivity contribution in [2.45, 2.75) is 19.0 Å². The smallest absolute Gasteiger partial charge is 0.383 e. The molecule has 0 radical (unpaired) electrons. The van der Waals surface area contributed by atoms with Gasteiger partial charge in [0.2, 0.25) is 0 Å². The minimum absolute atomic E-state index is 0.0636. The Morgan fingerprint density at radius 2 is 2.16 bits per heavy atom. The molecule has 7 heteroatoms. The lowest BCUT2D eigenvalue weighted by Gasteiger charge is -2.32. The third-order valence-electron chi connectivity index (χ3n) is 3.06. The maximum absolute atomic E-state index is 12.0. The van der Waals surface area contributed by atoms with Crippen LogP contribution in [0.1, 0.15) is 12.8 Å². The molecule has 1 N–H and O–H groups in total. The molecule has 1 unspecified atom stereocenters. The normalized spacial score (nSPS) is 21.8. The fourth-order valence-electron chi connectivity index (χ4n) is 2.21. The maximum Gasteiger partial charge on any atom is 0.411 e. The first-order valence-electron chi connectivity index (χ1n) is 6.58. The van der Waals surface area contributed by atoms with Crippen LogP contribution in [-0.4, -0.2) is 64.3 Å². The summed E-state index contributed by atoms with van der Waals surface area (Å²) in [6.07, 6.45) is -2.13. The molecule has 1 aliphatic rings. The van der Waals surface area contributed by atoms with E-state index < -0.39 is 12.8 Å². The molecule has 1 saturated heterocycles. The Bertz CT molecular complexity index is 240. The Balaban J connectivity index is 2.12. The van der Waals surface area contributed by atoms with E-state index in [4.69, 9.17) is 4.74 Å². The number of nitrogens with zero attached hydrogens (tertiary/aromatic N) is 1. The third-order valence-corrected chi connectivity index (χ3v) is 3.06. The van der Waals surface area contributed by atoms with E-state index in [-0.39, 0.29) is 6.73 Å². The monoisotopic (exact) mass is 284 g/mol. The molecule has 1 atom stereocenters. The lowest BCUT2D eigenvalue weighted by molar-refractivity contribution is -0.184. The molecule has 114 valence electrons. The largest absolute Gasteiger partial charge is 0.411 e. The van der Waals surface area contributed by atoms with E-state index in [0.29, 0.717) is 12.5 Å². The van der Waals surface area contributed by atoms with E-state index in [0.717, 1.165) is 39.0 Å². The summed E-state index contributed by atoms with van der Waals surface area (Å²) in [6.45, 7) is 2.85. The van der Waals surface area contributed by atoms with Gasteiger partial charge in [-0.3, -0.25) is 4.90 Å². The molecule has 0 aromatic carbocycles. The summed E-state index contributed by atoms with van der Waals surface area (Å²) in [5, 5.41) is 3.28. The zero-order chi connectivity index (χ0) is 14.1. The molecule has 1 rings (SSSR count). The van der Waals surface area contributed by atoms with Gasteiger partial charge in [0.15, 0.2) is 0 Å². The second kappa shape index (κ2) is 8.73. The standard InChI is InChI=1S/C12H23F3N2O2/c1-18-6-4-16-7-11-3-2-5-17(8-11)10-19-9-12(13,14)15/h11,16H,2-10H2,1H3. The lowest BCUT2D eigenvalue weighted by Crippen LogP contribution is -2.41. The van der Waals surface area contributed by atoms with Gasteiger partial charge in [-0.05, 0) is 25.3 Å². The quantitative estimate of drug-likeness (QED) is 0.684. The number of nitrogens with one attached hydrogen (secondary N) is 1. The summed E-state index contributed by atoms with van der Waals surface area (Å²) in [7, 11) is 1.65. The molecular weight excluding hydrogens is 261 g/mol. The summed E-state index contributed by atoms with van der Waals surface area (Å²) < 4.78 is 45.5. The molecule has 1 heterocycles. The Hall–Kier alpha value is -0.370. The van der Waals surface area contributed by atoms with Crippen LogP contribution >= 0.6 is 0 Å². The van der Waals surface area contributed by atoms with Crippen LogP contribution in [0.5, 0.6) is 0 Å². The maximum atomic E-state index is 12.0. The minimum Gasteiger partial charge on any atom is -0.383 e. The minimum atomic E-state index is -4.24. The fourth-order valence-corrected chi connectivity index (χ4v) is 2.21. The molecule has 0 aromatic rings. The van der Waals surface area contributed by atoms with E-state index in [2.05, 4.69) is 10.1 Å². The van der Waals surface area contributed by atoms with Gasteiger partial charge in [-0.25, -0.2) is 0 Å². The van der Waals surface area contributed by atoms with E-state index >= 15 is 0 Å². The zero-order valence-electron chi connectivity index (χ0n) is 11.3. The van der Waals surface area contributed by atoms with E-state index in [9.17, 15) is 13.2 Å². The number of ether oxygens (including phenoxy) is 2. The van der Waals surface area contributed by atoms with Gasteiger partial charge < -0.3 is 14.8 Å². The molecule has 0 spiro atoms. The summed E-state index contributed by atoms with van der Waals surface area (Å²) in [5.41, 5.74) is 0. The van der Waals surface area contributed by atoms with Crippen molar-refractivity contribution in [3.8, 4) is 0 Å². The van der Waals surface area contributed by atoms with Gasteiger partial charge in [0.25, 0.3) is 0 Å². The molecule has 0 aromatic heterocycles. The predicted octanol–water partition coefficient (Wildman–Crippen LogP) is 1.47. The first kappa shape index (κ1) is 16.7. The van der Waals surface area contributed by atoms with Crippen LogP contribution in [0.2, 0.25) is 0 Å². The molecule has 0 amide bonds. The number of hydrogen-bond donors (Lipinski definition) is 1. The highest BCUT2D eigenvalue weighted by Crippen LogP contribution is 2.17. The van der Waals surface area contributed by atoms with Crippen molar-refractivity contribution >= 4 is 0 Å². The number of likely N-dealkylation sites (tertiary alicyclic amines) is 1. The number of methoxy groups -OCH3 is 1. The van der Waals surface area contributed by atoms with Gasteiger partial charge in [-0.1, -0.05) is 0 Å². The van der Waals surface area contributed by atoms with Crippen molar-refractivity contribution in [1.29, 1.82) is 0 Å². The van der Waals surface area contributed by atoms with Crippen molar-refractivity contribution in [2.75, 3.05) is 53.2 Å². The molecule has 0 bridgehead atoms.